The van der Waals surface area contributed by atoms with Gasteiger partial charge in [-0.1, -0.05) is 141 Å². The normalized spacial score (nSPS) is 29.0. The van der Waals surface area contributed by atoms with Crippen LogP contribution in [-0.2, 0) is 23.7 Å². The Morgan fingerprint density at radius 3 is 1.69 bits per heavy atom. The maximum atomic E-state index is 13.1. The van der Waals surface area contributed by atoms with Crippen LogP contribution in [0.1, 0.15) is 155 Å². The van der Waals surface area contributed by atoms with Crippen molar-refractivity contribution in [1.29, 1.82) is 0 Å². The second-order valence-electron chi connectivity index (χ2n) is 16.2. The van der Waals surface area contributed by atoms with Crippen LogP contribution in [0.2, 0.25) is 0 Å². The monoisotopic (exact) mass is 832 g/mol. The largest absolute Gasteiger partial charge is 0.394 e. The van der Waals surface area contributed by atoms with Crippen LogP contribution in [0.15, 0.2) is 24.3 Å². The number of unbranched alkanes of at least 4 members (excludes halogenated alkanes) is 18. The Hall–Kier alpha value is -1.53. The molecule has 9 N–H and O–H groups in total. The lowest BCUT2D eigenvalue weighted by Gasteiger charge is -2.46. The number of carbonyl (C=O) groups is 1. The van der Waals surface area contributed by atoms with Crippen LogP contribution >= 0.6 is 0 Å². The van der Waals surface area contributed by atoms with Crippen LogP contribution in [-0.4, -0.2) is 140 Å². The van der Waals surface area contributed by atoms with E-state index in [1.807, 2.05) is 6.08 Å². The zero-order valence-corrected chi connectivity index (χ0v) is 35.5. The van der Waals surface area contributed by atoms with Crippen LogP contribution in [0.3, 0.4) is 0 Å². The van der Waals surface area contributed by atoms with Crippen molar-refractivity contribution in [1.82, 2.24) is 5.32 Å². The van der Waals surface area contributed by atoms with Gasteiger partial charge in [0.2, 0.25) is 5.91 Å². The Balaban J connectivity index is 1.88. The van der Waals surface area contributed by atoms with E-state index in [1.165, 1.54) is 83.5 Å². The van der Waals surface area contributed by atoms with Gasteiger partial charge >= 0.3 is 0 Å². The van der Waals surface area contributed by atoms with Crippen molar-refractivity contribution < 1.29 is 64.6 Å². The minimum Gasteiger partial charge on any atom is -0.394 e. The first-order valence-corrected chi connectivity index (χ1v) is 22.6. The van der Waals surface area contributed by atoms with E-state index in [4.69, 9.17) is 18.9 Å². The molecule has 0 aromatic heterocycles. The highest BCUT2D eigenvalue weighted by Gasteiger charge is 2.50. The molecule has 2 aliphatic rings. The summed E-state index contributed by atoms with van der Waals surface area (Å²) in [5.74, 6) is -0.253. The first kappa shape index (κ1) is 52.6. The minimum absolute atomic E-state index is 0.253. The molecule has 14 heteroatoms. The third-order valence-corrected chi connectivity index (χ3v) is 11.1. The highest BCUT2D eigenvalue weighted by molar-refractivity contribution is 5.76. The molecule has 0 spiro atoms. The maximum Gasteiger partial charge on any atom is 0.220 e. The van der Waals surface area contributed by atoms with Crippen molar-refractivity contribution in [3.05, 3.63) is 24.3 Å². The number of ether oxygens (including phenoxy) is 4. The van der Waals surface area contributed by atoms with Gasteiger partial charge in [0.05, 0.1) is 32.0 Å². The van der Waals surface area contributed by atoms with E-state index in [1.54, 1.807) is 6.08 Å². The maximum absolute atomic E-state index is 13.1. The molecular weight excluding hydrogens is 750 g/mol. The average Bonchev–Trinajstić information content (AvgIpc) is 3.22. The van der Waals surface area contributed by atoms with Crippen LogP contribution < -0.4 is 5.32 Å². The summed E-state index contributed by atoms with van der Waals surface area (Å²) in [5.41, 5.74) is 0. The molecule has 2 fully saturated rings. The third-order valence-electron chi connectivity index (χ3n) is 11.1. The van der Waals surface area contributed by atoms with Gasteiger partial charge in [-0.25, -0.2) is 0 Å². The molecule has 14 nitrogen and oxygen atoms in total. The van der Waals surface area contributed by atoms with Crippen molar-refractivity contribution in [2.75, 3.05) is 19.8 Å². The number of rotatable bonds is 33. The summed E-state index contributed by atoms with van der Waals surface area (Å²) in [6, 6.07) is -0.923. The number of aliphatic hydroxyl groups is 8. The first-order chi connectivity index (χ1) is 28.1. The fraction of sp³-hybridized carbons (Fsp3) is 0.886. The fourth-order valence-electron chi connectivity index (χ4n) is 7.36. The van der Waals surface area contributed by atoms with Crippen LogP contribution in [0.25, 0.3) is 0 Å². The predicted octanol–water partition coefficient (Wildman–Crippen LogP) is 4.21. The summed E-state index contributed by atoms with van der Waals surface area (Å²) in [6.45, 7) is 2.69. The highest BCUT2D eigenvalue weighted by atomic mass is 16.7. The minimum atomic E-state index is -1.79. The molecule has 0 saturated carbocycles. The van der Waals surface area contributed by atoms with Crippen LogP contribution in [0.4, 0.5) is 0 Å². The molecule has 0 aliphatic carbocycles. The zero-order chi connectivity index (χ0) is 42.5. The highest BCUT2D eigenvalue weighted by Crippen LogP contribution is 2.30. The second kappa shape index (κ2) is 32.2. The van der Waals surface area contributed by atoms with Crippen molar-refractivity contribution in [3.8, 4) is 0 Å². The molecule has 2 saturated heterocycles. The fourth-order valence-corrected chi connectivity index (χ4v) is 7.36. The van der Waals surface area contributed by atoms with Crippen molar-refractivity contribution >= 4 is 5.91 Å². The summed E-state index contributed by atoms with van der Waals surface area (Å²) in [4.78, 5) is 13.1. The van der Waals surface area contributed by atoms with E-state index in [0.29, 0.717) is 12.8 Å². The quantitative estimate of drug-likeness (QED) is 0.0334. The smallest absolute Gasteiger partial charge is 0.220 e. The van der Waals surface area contributed by atoms with Crippen molar-refractivity contribution in [2.45, 2.75) is 229 Å². The molecule has 12 unspecified atom stereocenters. The summed E-state index contributed by atoms with van der Waals surface area (Å²) >= 11 is 0. The van der Waals surface area contributed by atoms with Gasteiger partial charge in [-0.15, -0.1) is 0 Å². The number of amides is 1. The average molecular weight is 832 g/mol. The van der Waals surface area contributed by atoms with Crippen LogP contribution in [0.5, 0.6) is 0 Å². The topological polar surface area (TPSA) is 228 Å². The van der Waals surface area contributed by atoms with Gasteiger partial charge in [0.15, 0.2) is 12.6 Å². The van der Waals surface area contributed by atoms with Gasteiger partial charge in [0, 0.05) is 6.42 Å². The Labute approximate surface area is 348 Å². The number of allylic oxidation sites excluding steroid dienone is 3. The molecule has 0 aromatic carbocycles. The van der Waals surface area contributed by atoms with Crippen molar-refractivity contribution in [2.24, 2.45) is 0 Å². The van der Waals surface area contributed by atoms with E-state index in [-0.39, 0.29) is 18.9 Å². The summed E-state index contributed by atoms with van der Waals surface area (Å²) in [6.07, 6.45) is 15.3. The Morgan fingerprint density at radius 2 is 1.10 bits per heavy atom. The van der Waals surface area contributed by atoms with E-state index >= 15 is 0 Å². The number of hydrogen-bond donors (Lipinski definition) is 9. The number of aliphatic hydroxyl groups excluding tert-OH is 8. The molecular formula is C44H81NO13. The molecule has 340 valence electrons. The Kier molecular flexibility index (Phi) is 29.2. The summed E-state index contributed by atoms with van der Waals surface area (Å²) in [5, 5.41) is 86.2. The lowest BCUT2D eigenvalue weighted by Crippen LogP contribution is -2.65. The third kappa shape index (κ3) is 20.4. The Bertz CT molecular complexity index is 1080. The molecule has 2 heterocycles. The molecule has 0 bridgehead atoms. The van der Waals surface area contributed by atoms with E-state index in [9.17, 15) is 45.6 Å². The summed E-state index contributed by atoms with van der Waals surface area (Å²) in [7, 11) is 0. The van der Waals surface area contributed by atoms with E-state index in [2.05, 4.69) is 31.3 Å². The molecule has 2 aliphatic heterocycles. The first-order valence-electron chi connectivity index (χ1n) is 22.6. The standard InChI is InChI=1S/C44H81NO13/c1-3-5-7-9-11-13-14-15-16-17-18-20-22-24-26-28-36(49)45-32(33(48)27-25-23-21-19-12-10-8-6-4-2)31-55-43-41(54)39(52)42(35(30-47)57-43)58-44-40(53)38(51)37(50)34(29-46)56-44/h12,19,25,27,32-35,37-44,46-48,50-54H,3-11,13-18,20-24,26,28-31H2,1-2H3,(H,45,49)/b19-12+,27-25+. The molecule has 0 radical (unpaired) electrons. The van der Waals surface area contributed by atoms with E-state index < -0.39 is 86.8 Å². The molecule has 1 amide bonds. The van der Waals surface area contributed by atoms with Crippen LogP contribution in [0, 0.1) is 0 Å². The number of hydrogen-bond acceptors (Lipinski definition) is 13. The van der Waals surface area contributed by atoms with Gasteiger partial charge in [-0.2, -0.15) is 0 Å². The van der Waals surface area contributed by atoms with E-state index in [0.717, 1.165) is 38.5 Å². The zero-order valence-electron chi connectivity index (χ0n) is 35.5. The molecule has 2 rings (SSSR count). The van der Waals surface area contributed by atoms with Gasteiger partial charge in [-0.05, 0) is 32.1 Å². The molecule has 58 heavy (non-hydrogen) atoms. The number of carbonyl (C=O) groups excluding carboxylic acids is 1. The SMILES string of the molecule is CCCCC/C=C/CC/C=C/C(O)C(COC1OC(CO)C(OC2OC(CO)C(O)C(O)C2O)C(O)C1O)NC(=O)CCCCCCCCCCCCCCCCC. The second-order valence-corrected chi connectivity index (χ2v) is 16.2. The van der Waals surface area contributed by atoms with Crippen molar-refractivity contribution in [3.63, 3.8) is 0 Å². The van der Waals surface area contributed by atoms with Gasteiger partial charge in [0.1, 0.15) is 48.8 Å². The van der Waals surface area contributed by atoms with Gasteiger partial charge < -0.3 is 65.1 Å². The van der Waals surface area contributed by atoms with Gasteiger partial charge in [-0.3, -0.25) is 4.79 Å². The lowest BCUT2D eigenvalue weighted by molar-refractivity contribution is -0.359. The molecule has 12 atom stereocenters. The van der Waals surface area contributed by atoms with Gasteiger partial charge in [0.25, 0.3) is 0 Å². The number of nitrogens with one attached hydrogen (secondary N) is 1. The summed E-state index contributed by atoms with van der Waals surface area (Å²) < 4.78 is 22.6. The lowest BCUT2D eigenvalue weighted by atomic mass is 9.97. The molecule has 0 aromatic rings. The Morgan fingerprint density at radius 1 is 0.603 bits per heavy atom. The predicted molar refractivity (Wildman–Crippen MR) is 221 cm³/mol.